The first-order valence-electron chi connectivity index (χ1n) is 5.51. The number of hydrogen-bond donors (Lipinski definition) is 2. The molecule has 0 aromatic carbocycles. The van der Waals surface area contributed by atoms with Crippen LogP contribution in [0.2, 0.25) is 0 Å². The van der Waals surface area contributed by atoms with Crippen molar-refractivity contribution in [3.8, 4) is 11.4 Å². The third-order valence-electron chi connectivity index (χ3n) is 2.56. The maximum atomic E-state index is 5.89. The molecule has 2 heterocycles. The fourth-order valence-electron chi connectivity index (χ4n) is 1.54. The second-order valence-corrected chi connectivity index (χ2v) is 3.87. The van der Waals surface area contributed by atoms with E-state index >= 15 is 0 Å². The number of rotatable bonds is 4. The third kappa shape index (κ3) is 2.46. The molecule has 84 valence electrons. The SMILES string of the molecule is CCC(N)Cc1cc(-c2ccccn2)n[nH]1. The molecule has 2 aromatic heterocycles. The first-order chi connectivity index (χ1) is 7.79. The zero-order chi connectivity index (χ0) is 11.4. The number of hydrogen-bond acceptors (Lipinski definition) is 3. The van der Waals surface area contributed by atoms with E-state index in [1.54, 1.807) is 6.20 Å². The highest BCUT2D eigenvalue weighted by molar-refractivity contribution is 5.53. The molecule has 4 heteroatoms. The molecule has 0 fully saturated rings. The van der Waals surface area contributed by atoms with Gasteiger partial charge in [0.05, 0.1) is 5.69 Å². The molecule has 16 heavy (non-hydrogen) atoms. The van der Waals surface area contributed by atoms with E-state index in [-0.39, 0.29) is 6.04 Å². The number of H-pyrrole nitrogens is 1. The number of aromatic amines is 1. The summed E-state index contributed by atoms with van der Waals surface area (Å²) in [6.07, 6.45) is 3.57. The van der Waals surface area contributed by atoms with Gasteiger partial charge in [-0.1, -0.05) is 13.0 Å². The Morgan fingerprint density at radius 3 is 2.94 bits per heavy atom. The third-order valence-corrected chi connectivity index (χ3v) is 2.56. The second-order valence-electron chi connectivity index (χ2n) is 3.87. The smallest absolute Gasteiger partial charge is 0.111 e. The van der Waals surface area contributed by atoms with Gasteiger partial charge in [-0.3, -0.25) is 10.1 Å². The Kier molecular flexibility index (Phi) is 3.31. The van der Waals surface area contributed by atoms with Gasteiger partial charge in [0.25, 0.3) is 0 Å². The van der Waals surface area contributed by atoms with Gasteiger partial charge in [0, 0.05) is 24.4 Å². The van der Waals surface area contributed by atoms with E-state index in [1.807, 2.05) is 24.3 Å². The largest absolute Gasteiger partial charge is 0.327 e. The summed E-state index contributed by atoms with van der Waals surface area (Å²) >= 11 is 0. The Morgan fingerprint density at radius 2 is 2.25 bits per heavy atom. The van der Waals surface area contributed by atoms with Gasteiger partial charge in [-0.15, -0.1) is 0 Å². The first-order valence-corrected chi connectivity index (χ1v) is 5.51. The van der Waals surface area contributed by atoms with Crippen LogP contribution in [0.1, 0.15) is 19.0 Å². The van der Waals surface area contributed by atoms with Crippen LogP contribution in [0, 0.1) is 0 Å². The lowest BCUT2D eigenvalue weighted by atomic mass is 10.1. The molecule has 0 aliphatic heterocycles. The zero-order valence-electron chi connectivity index (χ0n) is 9.35. The highest BCUT2D eigenvalue weighted by atomic mass is 15.1. The normalized spacial score (nSPS) is 12.6. The Labute approximate surface area is 94.9 Å². The van der Waals surface area contributed by atoms with Crippen molar-refractivity contribution in [3.63, 3.8) is 0 Å². The van der Waals surface area contributed by atoms with Gasteiger partial charge >= 0.3 is 0 Å². The monoisotopic (exact) mass is 216 g/mol. The average molecular weight is 216 g/mol. The van der Waals surface area contributed by atoms with Gasteiger partial charge in [0.15, 0.2) is 0 Å². The van der Waals surface area contributed by atoms with Gasteiger partial charge in [-0.05, 0) is 24.6 Å². The highest BCUT2D eigenvalue weighted by Gasteiger charge is 2.07. The maximum absolute atomic E-state index is 5.89. The minimum atomic E-state index is 0.192. The molecule has 0 radical (unpaired) electrons. The molecule has 1 unspecified atom stereocenters. The van der Waals surface area contributed by atoms with Crippen LogP contribution in [-0.2, 0) is 6.42 Å². The Balaban J connectivity index is 2.14. The Hall–Kier alpha value is -1.68. The number of pyridine rings is 1. The standard InChI is InChI=1S/C12H16N4/c1-2-9(13)7-10-8-12(16-15-10)11-5-3-4-6-14-11/h3-6,8-9H,2,7,13H2,1H3,(H,15,16). The minimum Gasteiger partial charge on any atom is -0.327 e. The lowest BCUT2D eigenvalue weighted by molar-refractivity contribution is 0.635. The topological polar surface area (TPSA) is 67.6 Å². The fourth-order valence-corrected chi connectivity index (χ4v) is 1.54. The summed E-state index contributed by atoms with van der Waals surface area (Å²) < 4.78 is 0. The van der Waals surface area contributed by atoms with E-state index in [0.717, 1.165) is 29.9 Å². The van der Waals surface area contributed by atoms with Crippen molar-refractivity contribution in [2.24, 2.45) is 5.73 Å². The van der Waals surface area contributed by atoms with Crippen LogP contribution in [0.15, 0.2) is 30.5 Å². The van der Waals surface area contributed by atoms with E-state index in [1.165, 1.54) is 0 Å². The minimum absolute atomic E-state index is 0.192. The van der Waals surface area contributed by atoms with Crippen LogP contribution in [0.25, 0.3) is 11.4 Å². The van der Waals surface area contributed by atoms with E-state index < -0.39 is 0 Å². The molecule has 0 aliphatic carbocycles. The van der Waals surface area contributed by atoms with Crippen molar-refractivity contribution in [1.29, 1.82) is 0 Å². The zero-order valence-corrected chi connectivity index (χ0v) is 9.35. The van der Waals surface area contributed by atoms with Crippen LogP contribution >= 0.6 is 0 Å². The first kappa shape index (κ1) is 10.8. The van der Waals surface area contributed by atoms with Crippen molar-refractivity contribution in [3.05, 3.63) is 36.2 Å². The molecule has 0 saturated carbocycles. The number of nitrogens with two attached hydrogens (primary N) is 1. The molecule has 0 spiro atoms. The predicted molar refractivity (Wildman–Crippen MR) is 63.8 cm³/mol. The van der Waals surface area contributed by atoms with Crippen molar-refractivity contribution >= 4 is 0 Å². The molecular weight excluding hydrogens is 200 g/mol. The highest BCUT2D eigenvalue weighted by Crippen LogP contribution is 2.14. The summed E-state index contributed by atoms with van der Waals surface area (Å²) in [7, 11) is 0. The van der Waals surface area contributed by atoms with Gasteiger partial charge in [0.1, 0.15) is 5.69 Å². The molecule has 0 saturated heterocycles. The molecule has 2 aromatic rings. The van der Waals surface area contributed by atoms with E-state index in [2.05, 4.69) is 22.1 Å². The molecular formula is C12H16N4. The molecule has 2 rings (SSSR count). The van der Waals surface area contributed by atoms with Gasteiger partial charge in [-0.2, -0.15) is 5.10 Å². The molecule has 1 atom stereocenters. The molecule has 3 N–H and O–H groups in total. The van der Waals surface area contributed by atoms with Crippen molar-refractivity contribution in [2.75, 3.05) is 0 Å². The van der Waals surface area contributed by atoms with Crippen LogP contribution < -0.4 is 5.73 Å². The van der Waals surface area contributed by atoms with Gasteiger partial charge in [-0.25, -0.2) is 0 Å². The summed E-state index contributed by atoms with van der Waals surface area (Å²) in [4.78, 5) is 4.25. The van der Waals surface area contributed by atoms with Crippen LogP contribution in [-0.4, -0.2) is 21.2 Å². The van der Waals surface area contributed by atoms with Crippen molar-refractivity contribution in [1.82, 2.24) is 15.2 Å². The number of nitrogens with zero attached hydrogens (tertiary/aromatic N) is 2. The summed E-state index contributed by atoms with van der Waals surface area (Å²) in [5.41, 5.74) is 8.71. The lowest BCUT2D eigenvalue weighted by Gasteiger charge is -2.04. The van der Waals surface area contributed by atoms with E-state index in [4.69, 9.17) is 5.73 Å². The van der Waals surface area contributed by atoms with E-state index in [0.29, 0.717) is 0 Å². The summed E-state index contributed by atoms with van der Waals surface area (Å²) in [6, 6.07) is 7.99. The van der Waals surface area contributed by atoms with Gasteiger partial charge in [0.2, 0.25) is 0 Å². The molecule has 0 amide bonds. The summed E-state index contributed by atoms with van der Waals surface area (Å²) in [6.45, 7) is 2.08. The van der Waals surface area contributed by atoms with Crippen molar-refractivity contribution in [2.45, 2.75) is 25.8 Å². The summed E-state index contributed by atoms with van der Waals surface area (Å²) in [5, 5.41) is 7.23. The second kappa shape index (κ2) is 4.90. The molecule has 0 aliphatic rings. The van der Waals surface area contributed by atoms with Crippen LogP contribution in [0.5, 0.6) is 0 Å². The predicted octanol–water partition coefficient (Wildman–Crippen LogP) is 1.75. The number of aromatic nitrogens is 3. The molecule has 0 bridgehead atoms. The van der Waals surface area contributed by atoms with Crippen LogP contribution in [0.4, 0.5) is 0 Å². The summed E-state index contributed by atoms with van der Waals surface area (Å²) in [5.74, 6) is 0. The van der Waals surface area contributed by atoms with Gasteiger partial charge < -0.3 is 5.73 Å². The quantitative estimate of drug-likeness (QED) is 0.818. The number of nitrogens with one attached hydrogen (secondary N) is 1. The molecule has 4 nitrogen and oxygen atoms in total. The van der Waals surface area contributed by atoms with E-state index in [9.17, 15) is 0 Å². The average Bonchev–Trinajstić information content (AvgIpc) is 2.78. The Bertz CT molecular complexity index is 435. The fraction of sp³-hybridized carbons (Fsp3) is 0.333. The maximum Gasteiger partial charge on any atom is 0.111 e. The van der Waals surface area contributed by atoms with Crippen LogP contribution in [0.3, 0.4) is 0 Å². The van der Waals surface area contributed by atoms with Crippen molar-refractivity contribution < 1.29 is 0 Å². The lowest BCUT2D eigenvalue weighted by Crippen LogP contribution is -2.21. The Morgan fingerprint density at radius 1 is 1.38 bits per heavy atom.